The highest BCUT2D eigenvalue weighted by Crippen LogP contribution is 2.38. The van der Waals surface area contributed by atoms with Crippen LogP contribution in [0.25, 0.3) is 16.7 Å². The molecule has 3 aromatic rings. The molecule has 0 saturated carbocycles. The van der Waals surface area contributed by atoms with Crippen molar-refractivity contribution in [1.29, 1.82) is 0 Å². The fourth-order valence-electron chi connectivity index (χ4n) is 4.44. The van der Waals surface area contributed by atoms with E-state index in [1.165, 1.54) is 5.32 Å². The molecule has 1 unspecified atom stereocenters. The quantitative estimate of drug-likeness (QED) is 0.377. The van der Waals surface area contributed by atoms with Crippen molar-refractivity contribution in [2.75, 3.05) is 18.1 Å². The second kappa shape index (κ2) is 10.5. The Hall–Kier alpha value is -3.86. The second-order valence-corrected chi connectivity index (χ2v) is 9.24. The van der Waals surface area contributed by atoms with Crippen molar-refractivity contribution in [3.63, 3.8) is 0 Å². The number of aliphatic hydroxyl groups excluding tert-OH is 2. The number of alkyl halides is 5. The van der Waals surface area contributed by atoms with Crippen LogP contribution in [0.5, 0.6) is 0 Å². The molecule has 1 aliphatic heterocycles. The Bertz CT molecular complexity index is 1550. The van der Waals surface area contributed by atoms with E-state index in [4.69, 9.17) is 0 Å². The molecule has 1 saturated heterocycles. The average Bonchev–Trinajstić information content (AvgIpc) is 3.23. The van der Waals surface area contributed by atoms with Crippen molar-refractivity contribution in [3.8, 4) is 5.69 Å². The zero-order chi connectivity index (χ0) is 30.6. The molecule has 1 fully saturated rings. The molecule has 1 aromatic carbocycles. The number of aromatic nitrogens is 2. The van der Waals surface area contributed by atoms with Gasteiger partial charge in [0.25, 0.3) is 5.91 Å². The molecule has 3 atom stereocenters. The molecular weight excluding hydrogens is 579 g/mol. The predicted molar refractivity (Wildman–Crippen MR) is 124 cm³/mol. The van der Waals surface area contributed by atoms with Crippen molar-refractivity contribution in [1.82, 2.24) is 14.9 Å². The third-order valence-electron chi connectivity index (χ3n) is 6.62. The van der Waals surface area contributed by atoms with Crippen LogP contribution in [0.4, 0.5) is 45.3 Å². The van der Waals surface area contributed by atoms with Gasteiger partial charge in [0.05, 0.1) is 30.2 Å². The summed E-state index contributed by atoms with van der Waals surface area (Å²) in [4.78, 5) is 30.9. The average molecular weight is 598 g/mol. The molecule has 3 N–H and O–H groups in total. The monoisotopic (exact) mass is 598 g/mol. The number of halogens is 9. The van der Waals surface area contributed by atoms with Gasteiger partial charge in [-0.25, -0.2) is 22.5 Å². The largest absolute Gasteiger partial charge is 0.455 e. The van der Waals surface area contributed by atoms with Gasteiger partial charge in [-0.2, -0.15) is 22.0 Å². The van der Waals surface area contributed by atoms with Crippen LogP contribution in [0, 0.1) is 23.3 Å². The highest BCUT2D eigenvalue weighted by atomic mass is 19.4. The summed E-state index contributed by atoms with van der Waals surface area (Å²) in [5, 5.41) is 20.1. The fourth-order valence-corrected chi connectivity index (χ4v) is 4.44. The summed E-state index contributed by atoms with van der Waals surface area (Å²) in [6, 6.07) is -3.11. The smallest absolute Gasteiger partial charge is 0.394 e. The number of fused-ring (bicyclic) bond motifs is 1. The molecule has 2 aromatic heterocycles. The van der Waals surface area contributed by atoms with Crippen LogP contribution in [0.3, 0.4) is 0 Å². The van der Waals surface area contributed by atoms with Crippen molar-refractivity contribution in [2.24, 2.45) is 0 Å². The first kappa shape index (κ1) is 30.1. The number of carbonyl (C=O) groups excluding carboxylic acids is 1. The van der Waals surface area contributed by atoms with Gasteiger partial charge in [-0.3, -0.25) is 14.2 Å². The summed E-state index contributed by atoms with van der Waals surface area (Å²) in [5.74, 6) is -13.8. The van der Waals surface area contributed by atoms with Crippen molar-refractivity contribution in [2.45, 2.75) is 43.6 Å². The van der Waals surface area contributed by atoms with Crippen LogP contribution < -0.4 is 15.6 Å². The van der Waals surface area contributed by atoms with Gasteiger partial charge in [0.15, 0.2) is 28.9 Å². The van der Waals surface area contributed by atoms with Crippen LogP contribution in [-0.4, -0.2) is 69.1 Å². The minimum absolute atomic E-state index is 0.0538. The third-order valence-corrected chi connectivity index (χ3v) is 6.62. The van der Waals surface area contributed by atoms with Crippen LogP contribution >= 0.6 is 0 Å². The van der Waals surface area contributed by atoms with E-state index in [0.717, 1.165) is 4.90 Å². The first-order valence-corrected chi connectivity index (χ1v) is 11.7. The highest BCUT2D eigenvalue weighted by molar-refractivity contribution is 5.97. The number of carbonyl (C=O) groups is 1. The number of pyridine rings is 2. The minimum Gasteiger partial charge on any atom is -0.394 e. The predicted octanol–water partition coefficient (Wildman–Crippen LogP) is 3.19. The number of amides is 1. The molecular formula is C24H19F9N4O4. The molecule has 0 aliphatic carbocycles. The number of nitrogens with one attached hydrogen (secondary N) is 1. The number of aliphatic hydroxyl groups is 2. The molecule has 3 heterocycles. The summed E-state index contributed by atoms with van der Waals surface area (Å²) in [7, 11) is 0. The Morgan fingerprint density at radius 3 is 2.27 bits per heavy atom. The molecule has 41 heavy (non-hydrogen) atoms. The fraction of sp³-hybridized carbons (Fsp3) is 0.375. The molecule has 0 bridgehead atoms. The summed E-state index contributed by atoms with van der Waals surface area (Å²) in [6.07, 6.45) is -6.80. The van der Waals surface area contributed by atoms with Gasteiger partial charge in [-0.1, -0.05) is 0 Å². The Morgan fingerprint density at radius 2 is 1.71 bits per heavy atom. The lowest BCUT2D eigenvalue weighted by molar-refractivity contribution is -0.290. The summed E-state index contributed by atoms with van der Waals surface area (Å²) in [6.45, 7) is -0.439. The van der Waals surface area contributed by atoms with E-state index in [1.807, 2.05) is 0 Å². The Morgan fingerprint density at radius 1 is 1.10 bits per heavy atom. The molecule has 4 rings (SSSR count). The van der Waals surface area contributed by atoms with Crippen molar-refractivity contribution in [3.05, 3.63) is 63.5 Å². The van der Waals surface area contributed by atoms with Gasteiger partial charge >= 0.3 is 12.1 Å². The van der Waals surface area contributed by atoms with Crippen LogP contribution in [0.15, 0.2) is 29.2 Å². The number of rotatable bonds is 6. The first-order valence-electron chi connectivity index (χ1n) is 11.7. The normalized spacial score (nSPS) is 18.7. The van der Waals surface area contributed by atoms with Gasteiger partial charge in [-0.15, -0.1) is 0 Å². The molecule has 0 spiro atoms. The van der Waals surface area contributed by atoms with Gasteiger partial charge in [0.2, 0.25) is 5.43 Å². The second-order valence-electron chi connectivity index (χ2n) is 9.24. The highest BCUT2D eigenvalue weighted by Gasteiger charge is 2.61. The number of nitrogens with zero attached hydrogens (tertiary/aromatic N) is 3. The van der Waals surface area contributed by atoms with Gasteiger partial charge in [0, 0.05) is 24.9 Å². The van der Waals surface area contributed by atoms with Crippen LogP contribution in [-0.2, 0) is 0 Å². The van der Waals surface area contributed by atoms with Crippen molar-refractivity contribution < 1.29 is 54.5 Å². The Kier molecular flexibility index (Phi) is 7.72. The lowest BCUT2D eigenvalue weighted by Gasteiger charge is -2.27. The zero-order valence-corrected chi connectivity index (χ0v) is 20.6. The lowest BCUT2D eigenvalue weighted by Crippen LogP contribution is -2.54. The number of hydrogen-bond donors (Lipinski definition) is 3. The van der Waals surface area contributed by atoms with E-state index in [9.17, 15) is 54.9 Å². The summed E-state index contributed by atoms with van der Waals surface area (Å²) >= 11 is 0. The first-order chi connectivity index (χ1) is 19.0. The third kappa shape index (κ3) is 5.18. The summed E-state index contributed by atoms with van der Waals surface area (Å²) < 4.78 is 125. The minimum atomic E-state index is -6.09. The molecule has 0 radical (unpaired) electrons. The lowest BCUT2D eigenvalue weighted by atomic mass is 10.1. The maximum Gasteiger partial charge on any atom is 0.455 e. The SMILES string of the molecule is CC(NC(=O)c1cn(-c2c(F)cc(F)cc2F)c2nc(N3CC[C@H](O)[C@@H]3CO)c(F)cc2c1=O)C(F)(F)C(F)(F)F. The van der Waals surface area contributed by atoms with Crippen molar-refractivity contribution >= 4 is 22.8 Å². The van der Waals surface area contributed by atoms with E-state index in [1.54, 1.807) is 0 Å². The molecule has 1 amide bonds. The standard InChI is InChI=1S/C24H19F9N4O4/c1-9(23(29,30)24(31,32)33)34-22(41)12-7-37(18-13(26)4-10(25)5-14(18)27)20-11(19(12)40)6-15(28)21(35-20)36-3-2-17(39)16(36)8-38/h4-7,9,16-17,38-39H,2-3,8H2,1H3,(H,34,41)/t9?,16-,17-/m0/s1. The molecule has 222 valence electrons. The van der Waals surface area contributed by atoms with Gasteiger partial charge in [0.1, 0.15) is 17.1 Å². The molecule has 17 heteroatoms. The van der Waals surface area contributed by atoms with E-state index in [-0.39, 0.29) is 25.1 Å². The summed E-state index contributed by atoms with van der Waals surface area (Å²) in [5.41, 5.74) is -4.59. The van der Waals surface area contributed by atoms with Crippen LogP contribution in [0.1, 0.15) is 23.7 Å². The Labute approximate surface area is 223 Å². The zero-order valence-electron chi connectivity index (χ0n) is 20.6. The van der Waals surface area contributed by atoms with E-state index >= 15 is 4.39 Å². The van der Waals surface area contributed by atoms with Gasteiger partial charge in [-0.05, 0) is 19.4 Å². The van der Waals surface area contributed by atoms with E-state index in [2.05, 4.69) is 4.98 Å². The van der Waals surface area contributed by atoms with Crippen LogP contribution in [0.2, 0.25) is 0 Å². The topological polar surface area (TPSA) is 108 Å². The molecule has 1 aliphatic rings. The van der Waals surface area contributed by atoms with Gasteiger partial charge < -0.3 is 20.4 Å². The molecule has 8 nitrogen and oxygen atoms in total. The number of anilines is 1. The maximum absolute atomic E-state index is 15.2. The maximum atomic E-state index is 15.2. The van der Waals surface area contributed by atoms with E-state index < -0.39 is 99.6 Å². The Balaban J connectivity index is 1.97. The van der Waals surface area contributed by atoms with E-state index in [0.29, 0.717) is 23.8 Å². The number of hydrogen-bond acceptors (Lipinski definition) is 6. The number of benzene rings is 1.